The highest BCUT2D eigenvalue weighted by molar-refractivity contribution is 5.89. The summed E-state index contributed by atoms with van der Waals surface area (Å²) in [6, 6.07) is 7.45. The fourth-order valence-electron chi connectivity index (χ4n) is 2.70. The lowest BCUT2D eigenvalue weighted by atomic mass is 9.98. The Kier molecular flexibility index (Phi) is 5.20. The third kappa shape index (κ3) is 4.77. The molecule has 0 radical (unpaired) electrons. The van der Waals surface area contributed by atoms with Gasteiger partial charge in [0.2, 0.25) is 0 Å². The van der Waals surface area contributed by atoms with Gasteiger partial charge in [0.25, 0.3) is 0 Å². The number of urea groups is 1. The minimum atomic E-state index is -0.805. The number of carboxylic acids is 1. The van der Waals surface area contributed by atoms with E-state index >= 15 is 0 Å². The zero-order valence-electron chi connectivity index (χ0n) is 12.3. The van der Waals surface area contributed by atoms with Crippen molar-refractivity contribution in [1.29, 1.82) is 0 Å². The van der Waals surface area contributed by atoms with Crippen molar-refractivity contribution in [1.82, 2.24) is 5.32 Å². The van der Waals surface area contributed by atoms with Crippen molar-refractivity contribution in [3.63, 3.8) is 0 Å². The predicted molar refractivity (Wildman–Crippen MR) is 81.5 cm³/mol. The van der Waals surface area contributed by atoms with Gasteiger partial charge in [-0.25, -0.2) is 4.79 Å². The van der Waals surface area contributed by atoms with E-state index in [2.05, 4.69) is 10.6 Å². The van der Waals surface area contributed by atoms with Crippen molar-refractivity contribution in [2.45, 2.75) is 51.0 Å². The van der Waals surface area contributed by atoms with Crippen LogP contribution in [-0.4, -0.2) is 23.1 Å². The molecule has 1 aliphatic rings. The Hall–Kier alpha value is -2.04. The van der Waals surface area contributed by atoms with Gasteiger partial charge in [-0.05, 0) is 36.5 Å². The fourth-order valence-corrected chi connectivity index (χ4v) is 2.70. The smallest absolute Gasteiger partial charge is 0.319 e. The van der Waals surface area contributed by atoms with Crippen molar-refractivity contribution >= 4 is 17.7 Å². The molecular weight excluding hydrogens is 268 g/mol. The molecule has 1 fully saturated rings. The van der Waals surface area contributed by atoms with Gasteiger partial charge in [0, 0.05) is 11.7 Å². The summed E-state index contributed by atoms with van der Waals surface area (Å²) in [5.41, 5.74) is 1.68. The Morgan fingerprint density at radius 2 is 1.86 bits per heavy atom. The summed E-state index contributed by atoms with van der Waals surface area (Å²) < 4.78 is 0. The van der Waals surface area contributed by atoms with Crippen LogP contribution in [0.3, 0.4) is 0 Å². The topological polar surface area (TPSA) is 78.4 Å². The molecule has 1 aromatic carbocycles. The van der Waals surface area contributed by atoms with Crippen LogP contribution in [0.4, 0.5) is 10.5 Å². The average Bonchev–Trinajstić information content (AvgIpc) is 2.91. The number of aliphatic carboxylic acids is 1. The number of carbonyl (C=O) groups is 2. The van der Waals surface area contributed by atoms with Crippen LogP contribution in [-0.2, 0) is 4.79 Å². The van der Waals surface area contributed by atoms with Crippen molar-refractivity contribution in [3.05, 3.63) is 29.8 Å². The summed E-state index contributed by atoms with van der Waals surface area (Å²) in [6.07, 6.45) is 4.58. The molecule has 0 bridgehead atoms. The summed E-state index contributed by atoms with van der Waals surface area (Å²) in [5.74, 6) is -0.843. The number of anilines is 1. The Morgan fingerprint density at radius 3 is 2.43 bits per heavy atom. The highest BCUT2D eigenvalue weighted by Gasteiger charge is 2.17. The Bertz CT molecular complexity index is 493. The maximum absolute atomic E-state index is 11.8. The molecule has 0 aliphatic heterocycles. The van der Waals surface area contributed by atoms with Gasteiger partial charge >= 0.3 is 12.0 Å². The molecule has 1 saturated carbocycles. The third-order valence-electron chi connectivity index (χ3n) is 3.91. The van der Waals surface area contributed by atoms with E-state index in [1.807, 2.05) is 31.2 Å². The zero-order valence-corrected chi connectivity index (χ0v) is 12.3. The molecule has 1 aliphatic carbocycles. The van der Waals surface area contributed by atoms with Gasteiger partial charge in [0.15, 0.2) is 0 Å². The quantitative estimate of drug-likeness (QED) is 0.778. The summed E-state index contributed by atoms with van der Waals surface area (Å²) in [7, 11) is 0. The number of rotatable bonds is 5. The monoisotopic (exact) mass is 290 g/mol. The molecule has 1 atom stereocenters. The minimum Gasteiger partial charge on any atom is -0.481 e. The molecule has 5 nitrogen and oxygen atoms in total. The van der Waals surface area contributed by atoms with E-state index < -0.39 is 5.97 Å². The van der Waals surface area contributed by atoms with Gasteiger partial charge in [-0.3, -0.25) is 4.79 Å². The van der Waals surface area contributed by atoms with Gasteiger partial charge in [-0.1, -0.05) is 31.9 Å². The molecule has 2 amide bonds. The molecule has 21 heavy (non-hydrogen) atoms. The van der Waals surface area contributed by atoms with Crippen molar-refractivity contribution in [2.24, 2.45) is 0 Å². The van der Waals surface area contributed by atoms with Crippen LogP contribution in [0, 0.1) is 0 Å². The second kappa shape index (κ2) is 7.11. The molecule has 0 saturated heterocycles. The largest absolute Gasteiger partial charge is 0.481 e. The number of hydrogen-bond acceptors (Lipinski definition) is 2. The number of amides is 2. The zero-order chi connectivity index (χ0) is 15.2. The van der Waals surface area contributed by atoms with Crippen LogP contribution in [0.5, 0.6) is 0 Å². The molecule has 2 rings (SSSR count). The van der Waals surface area contributed by atoms with E-state index in [9.17, 15) is 9.59 Å². The normalized spacial score (nSPS) is 16.4. The maximum atomic E-state index is 11.8. The molecule has 0 heterocycles. The fraction of sp³-hybridized carbons (Fsp3) is 0.500. The van der Waals surface area contributed by atoms with E-state index in [4.69, 9.17) is 5.11 Å². The summed E-state index contributed by atoms with van der Waals surface area (Å²) in [4.78, 5) is 22.5. The Labute approximate surface area is 124 Å². The van der Waals surface area contributed by atoms with Crippen LogP contribution < -0.4 is 10.6 Å². The van der Waals surface area contributed by atoms with Gasteiger partial charge < -0.3 is 15.7 Å². The molecule has 1 aromatic rings. The maximum Gasteiger partial charge on any atom is 0.319 e. The van der Waals surface area contributed by atoms with E-state index in [0.717, 1.165) is 24.1 Å². The first-order chi connectivity index (χ1) is 10.0. The first kappa shape index (κ1) is 15.4. The van der Waals surface area contributed by atoms with E-state index in [-0.39, 0.29) is 18.4 Å². The predicted octanol–water partition coefficient (Wildman–Crippen LogP) is 3.33. The van der Waals surface area contributed by atoms with Crippen LogP contribution in [0.2, 0.25) is 0 Å². The van der Waals surface area contributed by atoms with Crippen molar-refractivity contribution in [3.8, 4) is 0 Å². The van der Waals surface area contributed by atoms with Crippen LogP contribution in [0.15, 0.2) is 24.3 Å². The lowest BCUT2D eigenvalue weighted by Gasteiger charge is -2.14. The van der Waals surface area contributed by atoms with E-state index in [1.165, 1.54) is 12.8 Å². The second-order valence-electron chi connectivity index (χ2n) is 5.70. The van der Waals surface area contributed by atoms with Gasteiger partial charge in [0.05, 0.1) is 6.42 Å². The highest BCUT2D eigenvalue weighted by Crippen LogP contribution is 2.21. The van der Waals surface area contributed by atoms with Crippen molar-refractivity contribution in [2.75, 3.05) is 5.32 Å². The van der Waals surface area contributed by atoms with Crippen molar-refractivity contribution < 1.29 is 14.7 Å². The SMILES string of the molecule is CC(CC(=O)O)c1ccc(NC(=O)NC2CCCC2)cc1. The van der Waals surface area contributed by atoms with Gasteiger partial charge in [0.1, 0.15) is 0 Å². The lowest BCUT2D eigenvalue weighted by Crippen LogP contribution is -2.36. The van der Waals surface area contributed by atoms with Crippen LogP contribution in [0.25, 0.3) is 0 Å². The molecular formula is C16H22N2O3. The van der Waals surface area contributed by atoms with Crippen LogP contribution >= 0.6 is 0 Å². The number of benzene rings is 1. The standard InChI is InChI=1S/C16H22N2O3/c1-11(10-15(19)20)12-6-8-14(9-7-12)18-16(21)17-13-4-2-3-5-13/h6-9,11,13H,2-5,10H2,1H3,(H,19,20)(H2,17,18,21). The Balaban J connectivity index is 1.86. The summed E-state index contributed by atoms with van der Waals surface area (Å²) in [6.45, 7) is 1.88. The minimum absolute atomic E-state index is 0.0381. The summed E-state index contributed by atoms with van der Waals surface area (Å²) in [5, 5.41) is 14.6. The first-order valence-electron chi connectivity index (χ1n) is 7.44. The first-order valence-corrected chi connectivity index (χ1v) is 7.44. The molecule has 5 heteroatoms. The van der Waals surface area contributed by atoms with Crippen LogP contribution in [0.1, 0.15) is 50.5 Å². The summed E-state index contributed by atoms with van der Waals surface area (Å²) >= 11 is 0. The van der Waals surface area contributed by atoms with E-state index in [1.54, 1.807) is 0 Å². The van der Waals surface area contributed by atoms with Gasteiger partial charge in [-0.15, -0.1) is 0 Å². The average molecular weight is 290 g/mol. The third-order valence-corrected chi connectivity index (χ3v) is 3.91. The second-order valence-corrected chi connectivity index (χ2v) is 5.70. The van der Waals surface area contributed by atoms with Gasteiger partial charge in [-0.2, -0.15) is 0 Å². The number of nitrogens with one attached hydrogen (secondary N) is 2. The number of carbonyl (C=O) groups excluding carboxylic acids is 1. The number of hydrogen-bond donors (Lipinski definition) is 3. The molecule has 1 unspecified atom stereocenters. The molecule has 0 aromatic heterocycles. The number of carboxylic acid groups (broad SMARTS) is 1. The van der Waals surface area contributed by atoms with E-state index in [0.29, 0.717) is 6.04 Å². The lowest BCUT2D eigenvalue weighted by molar-refractivity contribution is -0.137. The Morgan fingerprint density at radius 1 is 1.24 bits per heavy atom. The molecule has 114 valence electrons. The molecule has 0 spiro atoms. The highest BCUT2D eigenvalue weighted by atomic mass is 16.4. The molecule has 3 N–H and O–H groups in total.